The highest BCUT2D eigenvalue weighted by molar-refractivity contribution is 6.30. The molecule has 4 rings (SSSR count). The Morgan fingerprint density at radius 3 is 2.67 bits per heavy atom. The average molecular weight is 389 g/mol. The molecular formula is C18H21ClN6O2. The SMILES string of the molecule is N/N=c1/nc[nH]c2c1ccn2[C@@H]1C[C@H](C(N)c2ccc(Cl)cc2)[C@@H](O)[C@H]1O. The van der Waals surface area contributed by atoms with Gasteiger partial charge in [-0.15, -0.1) is 0 Å². The van der Waals surface area contributed by atoms with E-state index in [1.54, 1.807) is 12.1 Å². The number of halogens is 1. The number of aliphatic hydroxyl groups excluding tert-OH is 2. The minimum atomic E-state index is -0.955. The molecule has 27 heavy (non-hydrogen) atoms. The van der Waals surface area contributed by atoms with Crippen molar-refractivity contribution in [2.75, 3.05) is 0 Å². The first kappa shape index (κ1) is 18.0. The van der Waals surface area contributed by atoms with E-state index in [9.17, 15) is 10.2 Å². The third kappa shape index (κ3) is 3.00. The van der Waals surface area contributed by atoms with Gasteiger partial charge in [-0.3, -0.25) is 0 Å². The Kier molecular flexibility index (Phi) is 4.65. The molecule has 2 heterocycles. The Bertz CT molecular complexity index is 1010. The number of nitrogens with two attached hydrogens (primary N) is 2. The second kappa shape index (κ2) is 6.97. The maximum atomic E-state index is 10.7. The van der Waals surface area contributed by atoms with Gasteiger partial charge in [0.15, 0.2) is 5.49 Å². The van der Waals surface area contributed by atoms with Crippen molar-refractivity contribution >= 4 is 22.6 Å². The van der Waals surface area contributed by atoms with Gasteiger partial charge >= 0.3 is 0 Å². The second-order valence-electron chi connectivity index (χ2n) is 6.87. The van der Waals surface area contributed by atoms with E-state index in [-0.39, 0.29) is 12.0 Å². The third-order valence-electron chi connectivity index (χ3n) is 5.44. The topological polar surface area (TPSA) is 138 Å². The van der Waals surface area contributed by atoms with Crippen molar-refractivity contribution in [3.8, 4) is 0 Å². The van der Waals surface area contributed by atoms with Gasteiger partial charge in [-0.2, -0.15) is 5.10 Å². The summed E-state index contributed by atoms with van der Waals surface area (Å²) in [6, 6.07) is 8.30. The van der Waals surface area contributed by atoms with E-state index in [4.69, 9.17) is 23.2 Å². The fourth-order valence-corrected chi connectivity index (χ4v) is 4.12. The van der Waals surface area contributed by atoms with E-state index in [0.29, 0.717) is 16.9 Å². The molecule has 0 aliphatic heterocycles. The van der Waals surface area contributed by atoms with Gasteiger partial charge in [0.25, 0.3) is 0 Å². The predicted octanol–water partition coefficient (Wildman–Crippen LogP) is 0.775. The molecule has 8 nitrogen and oxygen atoms in total. The van der Waals surface area contributed by atoms with E-state index >= 15 is 0 Å². The lowest BCUT2D eigenvalue weighted by atomic mass is 9.90. The Balaban J connectivity index is 1.67. The minimum Gasteiger partial charge on any atom is -0.390 e. The number of nitrogens with zero attached hydrogens (tertiary/aromatic N) is 3. The zero-order chi connectivity index (χ0) is 19.1. The fraction of sp³-hybridized carbons (Fsp3) is 0.333. The second-order valence-corrected chi connectivity index (χ2v) is 7.30. The van der Waals surface area contributed by atoms with E-state index in [2.05, 4.69) is 15.1 Å². The van der Waals surface area contributed by atoms with Gasteiger partial charge < -0.3 is 31.3 Å². The van der Waals surface area contributed by atoms with Gasteiger partial charge in [0.2, 0.25) is 0 Å². The quantitative estimate of drug-likeness (QED) is 0.333. The van der Waals surface area contributed by atoms with Gasteiger partial charge in [-0.25, -0.2) is 4.98 Å². The fourth-order valence-electron chi connectivity index (χ4n) is 3.99. The van der Waals surface area contributed by atoms with Crippen molar-refractivity contribution in [2.24, 2.45) is 22.6 Å². The van der Waals surface area contributed by atoms with Crippen LogP contribution in [-0.2, 0) is 0 Å². The first-order valence-electron chi connectivity index (χ1n) is 8.66. The number of nitrogens with one attached hydrogen (secondary N) is 1. The van der Waals surface area contributed by atoms with Crippen molar-refractivity contribution in [2.45, 2.75) is 30.7 Å². The molecule has 2 aromatic heterocycles. The van der Waals surface area contributed by atoms with Crippen molar-refractivity contribution in [1.29, 1.82) is 0 Å². The summed E-state index contributed by atoms with van der Waals surface area (Å²) < 4.78 is 1.88. The molecule has 5 atom stereocenters. The molecule has 1 saturated carbocycles. The number of H-pyrrole nitrogens is 1. The zero-order valence-corrected chi connectivity index (χ0v) is 15.2. The molecule has 142 valence electrons. The maximum Gasteiger partial charge on any atom is 0.183 e. The molecule has 3 aromatic rings. The summed E-state index contributed by atoms with van der Waals surface area (Å²) in [5, 5.41) is 26.4. The highest BCUT2D eigenvalue weighted by atomic mass is 35.5. The minimum absolute atomic E-state index is 0.302. The number of benzene rings is 1. The van der Waals surface area contributed by atoms with E-state index in [1.165, 1.54) is 6.33 Å². The summed E-state index contributed by atoms with van der Waals surface area (Å²) in [6.07, 6.45) is 1.94. The van der Waals surface area contributed by atoms with Crippen LogP contribution in [0.15, 0.2) is 48.0 Å². The van der Waals surface area contributed by atoms with Crippen molar-refractivity contribution < 1.29 is 10.2 Å². The molecule has 1 unspecified atom stereocenters. The Morgan fingerprint density at radius 2 is 1.96 bits per heavy atom. The number of aromatic nitrogens is 3. The Labute approximate surface area is 160 Å². The average Bonchev–Trinajstić information content (AvgIpc) is 3.23. The summed E-state index contributed by atoms with van der Waals surface area (Å²) >= 11 is 5.94. The van der Waals surface area contributed by atoms with Crippen LogP contribution in [0.5, 0.6) is 0 Å². The van der Waals surface area contributed by atoms with Crippen LogP contribution in [0.2, 0.25) is 5.02 Å². The molecule has 0 bridgehead atoms. The molecule has 0 amide bonds. The highest BCUT2D eigenvalue weighted by Crippen LogP contribution is 2.42. The lowest BCUT2D eigenvalue weighted by Crippen LogP contribution is -2.33. The maximum absolute atomic E-state index is 10.7. The van der Waals surface area contributed by atoms with Crippen LogP contribution < -0.4 is 17.1 Å². The van der Waals surface area contributed by atoms with Gasteiger partial charge in [0.05, 0.1) is 23.9 Å². The number of rotatable bonds is 3. The normalized spacial score (nSPS) is 27.3. The lowest BCUT2D eigenvalue weighted by Gasteiger charge is -2.23. The van der Waals surface area contributed by atoms with Crippen molar-refractivity contribution in [3.63, 3.8) is 0 Å². The van der Waals surface area contributed by atoms with Crippen LogP contribution >= 0.6 is 11.6 Å². The lowest BCUT2D eigenvalue weighted by molar-refractivity contribution is 0.00222. The number of hydrogen-bond acceptors (Lipinski definition) is 6. The number of aliphatic hydroxyl groups is 2. The van der Waals surface area contributed by atoms with Crippen LogP contribution in [0.3, 0.4) is 0 Å². The first-order valence-corrected chi connectivity index (χ1v) is 9.04. The molecule has 0 spiro atoms. The zero-order valence-electron chi connectivity index (χ0n) is 14.4. The molecule has 0 saturated heterocycles. The number of aromatic amines is 1. The number of hydrogen-bond donors (Lipinski definition) is 5. The first-order chi connectivity index (χ1) is 13.0. The summed E-state index contributed by atoms with van der Waals surface area (Å²) in [5.74, 6) is 5.09. The Hall–Kier alpha value is -2.39. The molecule has 1 aliphatic carbocycles. The van der Waals surface area contributed by atoms with Gasteiger partial charge in [-0.05, 0) is 30.2 Å². The third-order valence-corrected chi connectivity index (χ3v) is 5.69. The summed E-state index contributed by atoms with van der Waals surface area (Å²) in [6.45, 7) is 0. The monoisotopic (exact) mass is 388 g/mol. The summed E-state index contributed by atoms with van der Waals surface area (Å²) in [7, 11) is 0. The van der Waals surface area contributed by atoms with Crippen molar-refractivity contribution in [1.82, 2.24) is 14.5 Å². The molecule has 0 radical (unpaired) electrons. The molecular weight excluding hydrogens is 368 g/mol. The van der Waals surface area contributed by atoms with Crippen molar-refractivity contribution in [3.05, 3.63) is 58.9 Å². The van der Waals surface area contributed by atoms with E-state index < -0.39 is 18.2 Å². The van der Waals surface area contributed by atoms with Crippen LogP contribution in [0, 0.1) is 5.92 Å². The number of fused-ring (bicyclic) bond motifs is 1. The van der Waals surface area contributed by atoms with Crippen LogP contribution in [-0.4, -0.2) is 37.0 Å². The van der Waals surface area contributed by atoms with Crippen LogP contribution in [0.1, 0.15) is 24.1 Å². The van der Waals surface area contributed by atoms with E-state index in [1.807, 2.05) is 29.0 Å². The van der Waals surface area contributed by atoms with Crippen LogP contribution in [0.25, 0.3) is 11.0 Å². The highest BCUT2D eigenvalue weighted by Gasteiger charge is 2.45. The van der Waals surface area contributed by atoms with Gasteiger partial charge in [0.1, 0.15) is 11.8 Å². The molecule has 1 fully saturated rings. The largest absolute Gasteiger partial charge is 0.390 e. The molecule has 9 heteroatoms. The van der Waals surface area contributed by atoms with Crippen LogP contribution in [0.4, 0.5) is 0 Å². The molecule has 1 aliphatic rings. The van der Waals surface area contributed by atoms with Gasteiger partial charge in [0, 0.05) is 23.2 Å². The van der Waals surface area contributed by atoms with Gasteiger partial charge in [-0.1, -0.05) is 23.7 Å². The summed E-state index contributed by atoms with van der Waals surface area (Å²) in [4.78, 5) is 7.15. The smallest absolute Gasteiger partial charge is 0.183 e. The van der Waals surface area contributed by atoms with E-state index in [0.717, 1.165) is 16.6 Å². The molecule has 1 aromatic carbocycles. The predicted molar refractivity (Wildman–Crippen MR) is 101 cm³/mol. The molecule has 7 N–H and O–H groups in total. The summed E-state index contributed by atoms with van der Waals surface area (Å²) in [5.41, 5.74) is 8.41. The standard InChI is InChI=1S/C18H21ClN6O2/c19-10-3-1-9(2-4-10)14(20)12-7-13(16(27)15(12)26)25-6-5-11-17(24-21)22-8-23-18(11)25/h1-6,8,12-16,26-27H,7,20-21H2,(H,22,23,24)/t12-,13-,14?,15-,16+/m1/s1. The Morgan fingerprint density at radius 1 is 1.22 bits per heavy atom.